The first-order valence-electron chi connectivity index (χ1n) is 7.69. The molecule has 1 aliphatic heterocycles. The molecule has 6 heteroatoms. The van der Waals surface area contributed by atoms with Crippen molar-refractivity contribution in [3.8, 4) is 0 Å². The molecule has 21 heavy (non-hydrogen) atoms. The van der Waals surface area contributed by atoms with E-state index in [1.54, 1.807) is 0 Å². The summed E-state index contributed by atoms with van der Waals surface area (Å²) in [7, 11) is 0. The third kappa shape index (κ3) is 3.43. The molecule has 1 aromatic heterocycles. The van der Waals surface area contributed by atoms with Crippen LogP contribution in [0.1, 0.15) is 44.0 Å². The number of nitrogens with zero attached hydrogens (tertiary/aromatic N) is 3. The van der Waals surface area contributed by atoms with Crippen molar-refractivity contribution in [1.29, 1.82) is 0 Å². The molecule has 1 fully saturated rings. The molecule has 1 aliphatic rings. The molecular formula is C15H25N5O. The highest BCUT2D eigenvalue weighted by Gasteiger charge is 2.29. The van der Waals surface area contributed by atoms with Crippen molar-refractivity contribution < 1.29 is 4.79 Å². The van der Waals surface area contributed by atoms with Crippen LogP contribution in [0.2, 0.25) is 0 Å². The topological polar surface area (TPSA) is 84.1 Å². The number of nitrogens with two attached hydrogens (primary N) is 1. The molecule has 1 saturated heterocycles. The van der Waals surface area contributed by atoms with Crippen LogP contribution in [0.5, 0.6) is 0 Å². The van der Waals surface area contributed by atoms with Gasteiger partial charge < -0.3 is 16.0 Å². The maximum absolute atomic E-state index is 11.7. The minimum Gasteiger partial charge on any atom is -0.370 e. The van der Waals surface area contributed by atoms with E-state index in [9.17, 15) is 4.79 Å². The smallest absolute Gasteiger partial charge is 0.240 e. The minimum atomic E-state index is -0.270. The van der Waals surface area contributed by atoms with Crippen LogP contribution in [0.15, 0.2) is 0 Å². The molecule has 116 valence electrons. The molecule has 2 heterocycles. The third-order valence-corrected chi connectivity index (χ3v) is 3.88. The molecule has 0 radical (unpaired) electrons. The average molecular weight is 291 g/mol. The number of aryl methyl sites for hydroxylation is 1. The standard InChI is InChI=1S/C15H25N5O/c1-4-8-17-14-10(2)15(19-11(3)18-14)20-9-6-5-7-12(20)13(16)21/h12H,4-9H2,1-3H3,(H2,16,21)(H,17,18,19). The van der Waals surface area contributed by atoms with Gasteiger partial charge in [-0.3, -0.25) is 4.79 Å². The van der Waals surface area contributed by atoms with Crippen molar-refractivity contribution in [3.05, 3.63) is 11.4 Å². The van der Waals surface area contributed by atoms with Crippen LogP contribution < -0.4 is 16.0 Å². The average Bonchev–Trinajstić information content (AvgIpc) is 2.47. The number of aromatic nitrogens is 2. The van der Waals surface area contributed by atoms with E-state index in [-0.39, 0.29) is 11.9 Å². The largest absolute Gasteiger partial charge is 0.370 e. The van der Waals surface area contributed by atoms with E-state index in [1.165, 1.54) is 0 Å². The lowest BCUT2D eigenvalue weighted by Gasteiger charge is -2.35. The SMILES string of the molecule is CCCNc1nc(C)nc(N2CCCCC2C(N)=O)c1C. The summed E-state index contributed by atoms with van der Waals surface area (Å²) in [4.78, 5) is 22.8. The zero-order valence-electron chi connectivity index (χ0n) is 13.1. The number of hydrogen-bond acceptors (Lipinski definition) is 5. The van der Waals surface area contributed by atoms with E-state index in [4.69, 9.17) is 5.73 Å². The lowest BCUT2D eigenvalue weighted by Crippen LogP contribution is -2.48. The Balaban J connectivity index is 2.37. The van der Waals surface area contributed by atoms with Gasteiger partial charge in [0.25, 0.3) is 0 Å². The van der Waals surface area contributed by atoms with Gasteiger partial charge in [0, 0.05) is 18.7 Å². The minimum absolute atomic E-state index is 0.259. The summed E-state index contributed by atoms with van der Waals surface area (Å²) in [6.07, 6.45) is 3.93. The normalized spacial score (nSPS) is 18.6. The molecule has 0 aromatic carbocycles. The quantitative estimate of drug-likeness (QED) is 0.863. The van der Waals surface area contributed by atoms with Crippen LogP contribution in [0.4, 0.5) is 11.6 Å². The van der Waals surface area contributed by atoms with Gasteiger partial charge in [0.2, 0.25) is 5.91 Å². The summed E-state index contributed by atoms with van der Waals surface area (Å²) < 4.78 is 0. The molecule has 6 nitrogen and oxygen atoms in total. The molecule has 1 unspecified atom stereocenters. The van der Waals surface area contributed by atoms with Crippen LogP contribution in [0.25, 0.3) is 0 Å². The molecule has 0 spiro atoms. The molecule has 0 aliphatic carbocycles. The highest BCUT2D eigenvalue weighted by molar-refractivity contribution is 5.84. The number of nitrogens with one attached hydrogen (secondary N) is 1. The molecule has 0 saturated carbocycles. The molecular weight excluding hydrogens is 266 g/mol. The van der Waals surface area contributed by atoms with Crippen molar-refractivity contribution in [2.45, 2.75) is 52.5 Å². The van der Waals surface area contributed by atoms with Gasteiger partial charge in [0.1, 0.15) is 23.5 Å². The van der Waals surface area contributed by atoms with Crippen LogP contribution in [0, 0.1) is 13.8 Å². The number of amides is 1. The first-order chi connectivity index (χ1) is 10.0. The van der Waals surface area contributed by atoms with Gasteiger partial charge in [-0.15, -0.1) is 0 Å². The van der Waals surface area contributed by atoms with Gasteiger partial charge in [-0.2, -0.15) is 0 Å². The van der Waals surface area contributed by atoms with Gasteiger partial charge in [-0.05, 0) is 39.5 Å². The fourth-order valence-corrected chi connectivity index (χ4v) is 2.79. The molecule has 3 N–H and O–H groups in total. The van der Waals surface area contributed by atoms with Crippen molar-refractivity contribution in [2.75, 3.05) is 23.3 Å². The zero-order chi connectivity index (χ0) is 15.4. The Morgan fingerprint density at radius 1 is 1.38 bits per heavy atom. The highest BCUT2D eigenvalue weighted by Crippen LogP contribution is 2.29. The van der Waals surface area contributed by atoms with Gasteiger partial charge in [-0.1, -0.05) is 6.92 Å². The second-order valence-electron chi connectivity index (χ2n) is 5.60. The fraction of sp³-hybridized carbons (Fsp3) is 0.667. The fourth-order valence-electron chi connectivity index (χ4n) is 2.79. The summed E-state index contributed by atoms with van der Waals surface area (Å²) in [5, 5.41) is 3.33. The number of piperidine rings is 1. The Hall–Kier alpha value is -1.85. The maximum Gasteiger partial charge on any atom is 0.240 e. The third-order valence-electron chi connectivity index (χ3n) is 3.88. The van der Waals surface area contributed by atoms with E-state index in [0.717, 1.165) is 56.0 Å². The maximum atomic E-state index is 11.7. The summed E-state index contributed by atoms with van der Waals surface area (Å²) in [5.41, 5.74) is 6.55. The van der Waals surface area contributed by atoms with E-state index in [2.05, 4.69) is 22.2 Å². The second-order valence-corrected chi connectivity index (χ2v) is 5.60. The van der Waals surface area contributed by atoms with Crippen molar-refractivity contribution >= 4 is 17.5 Å². The van der Waals surface area contributed by atoms with Crippen molar-refractivity contribution in [3.63, 3.8) is 0 Å². The highest BCUT2D eigenvalue weighted by atomic mass is 16.1. The van der Waals surface area contributed by atoms with E-state index >= 15 is 0 Å². The number of carbonyl (C=O) groups excluding carboxylic acids is 1. The van der Waals surface area contributed by atoms with Crippen molar-refractivity contribution in [2.24, 2.45) is 5.73 Å². The molecule has 1 atom stereocenters. The van der Waals surface area contributed by atoms with Crippen LogP contribution in [-0.2, 0) is 4.79 Å². The summed E-state index contributed by atoms with van der Waals surface area (Å²) in [6, 6.07) is -0.259. The van der Waals surface area contributed by atoms with Gasteiger partial charge in [0.05, 0.1) is 0 Å². The number of carbonyl (C=O) groups is 1. The van der Waals surface area contributed by atoms with Gasteiger partial charge >= 0.3 is 0 Å². The zero-order valence-corrected chi connectivity index (χ0v) is 13.1. The number of rotatable bonds is 5. The van der Waals surface area contributed by atoms with Crippen LogP contribution in [0.3, 0.4) is 0 Å². The van der Waals surface area contributed by atoms with Crippen LogP contribution >= 0.6 is 0 Å². The monoisotopic (exact) mass is 291 g/mol. The Morgan fingerprint density at radius 3 is 2.81 bits per heavy atom. The van der Waals surface area contributed by atoms with E-state index in [0.29, 0.717) is 5.82 Å². The van der Waals surface area contributed by atoms with E-state index < -0.39 is 0 Å². The summed E-state index contributed by atoms with van der Waals surface area (Å²) in [6.45, 7) is 7.68. The van der Waals surface area contributed by atoms with Gasteiger partial charge in [0.15, 0.2) is 0 Å². The summed E-state index contributed by atoms with van der Waals surface area (Å²) >= 11 is 0. The number of primary amides is 1. The van der Waals surface area contributed by atoms with Gasteiger partial charge in [-0.25, -0.2) is 9.97 Å². The van der Waals surface area contributed by atoms with Crippen LogP contribution in [-0.4, -0.2) is 35.0 Å². The van der Waals surface area contributed by atoms with E-state index in [1.807, 2.05) is 18.7 Å². The Kier molecular flexibility index (Phi) is 4.98. The molecule has 1 aromatic rings. The molecule has 2 rings (SSSR count). The Morgan fingerprint density at radius 2 is 2.14 bits per heavy atom. The lowest BCUT2D eigenvalue weighted by molar-refractivity contribution is -0.119. The predicted octanol–water partition coefficient (Wildman–Crippen LogP) is 1.76. The molecule has 0 bridgehead atoms. The Bertz CT molecular complexity index is 517. The van der Waals surface area contributed by atoms with Crippen molar-refractivity contribution in [1.82, 2.24) is 9.97 Å². The summed E-state index contributed by atoms with van der Waals surface area (Å²) in [5.74, 6) is 2.13. The lowest BCUT2D eigenvalue weighted by atomic mass is 10.0. The Labute approximate surface area is 126 Å². The first kappa shape index (κ1) is 15.5. The first-order valence-corrected chi connectivity index (χ1v) is 7.69. The second kappa shape index (κ2) is 6.74. The number of anilines is 2. The number of hydrogen-bond donors (Lipinski definition) is 2. The molecule has 1 amide bonds. The predicted molar refractivity (Wildman–Crippen MR) is 84.5 cm³/mol.